The zero-order valence-electron chi connectivity index (χ0n) is 14.0. The van der Waals surface area contributed by atoms with E-state index in [2.05, 4.69) is 5.32 Å². The minimum Gasteiger partial charge on any atom is -0.478 e. The highest BCUT2D eigenvalue weighted by molar-refractivity contribution is 5.95. The number of anilines is 1. The van der Waals surface area contributed by atoms with Crippen molar-refractivity contribution >= 4 is 17.6 Å². The largest absolute Gasteiger partial charge is 0.478 e. The second kappa shape index (κ2) is 5.94. The molecule has 6 heteroatoms. The highest BCUT2D eigenvalue weighted by Crippen LogP contribution is 2.40. The maximum absolute atomic E-state index is 12.6. The van der Waals surface area contributed by atoms with Crippen LogP contribution in [0.3, 0.4) is 0 Å². The first-order valence-corrected chi connectivity index (χ1v) is 7.66. The lowest BCUT2D eigenvalue weighted by molar-refractivity contribution is -0.249. The SMILES string of the molecule is CC1(C)CC(C(=O)Nc2cccc(C(=O)O)c2)CC(C)(C)N1O. The van der Waals surface area contributed by atoms with Gasteiger partial charge in [-0.2, -0.15) is 5.06 Å². The summed E-state index contributed by atoms with van der Waals surface area (Å²) < 4.78 is 0. The van der Waals surface area contributed by atoms with Crippen LogP contribution in [0.2, 0.25) is 0 Å². The first-order valence-electron chi connectivity index (χ1n) is 7.66. The quantitative estimate of drug-likeness (QED) is 0.796. The topological polar surface area (TPSA) is 89.9 Å². The van der Waals surface area contributed by atoms with Crippen LogP contribution in [0.1, 0.15) is 50.9 Å². The number of carbonyl (C=O) groups is 2. The maximum Gasteiger partial charge on any atom is 0.335 e. The van der Waals surface area contributed by atoms with Crippen molar-refractivity contribution in [1.82, 2.24) is 5.06 Å². The van der Waals surface area contributed by atoms with E-state index in [1.807, 2.05) is 27.7 Å². The van der Waals surface area contributed by atoms with Crippen LogP contribution in [0, 0.1) is 5.92 Å². The van der Waals surface area contributed by atoms with Crippen molar-refractivity contribution in [3.63, 3.8) is 0 Å². The minimum atomic E-state index is -1.03. The Balaban J connectivity index is 2.15. The number of rotatable bonds is 3. The van der Waals surface area contributed by atoms with Crippen molar-refractivity contribution in [2.24, 2.45) is 5.92 Å². The van der Waals surface area contributed by atoms with Gasteiger partial charge in [0, 0.05) is 22.7 Å². The Morgan fingerprint density at radius 1 is 1.17 bits per heavy atom. The van der Waals surface area contributed by atoms with E-state index in [4.69, 9.17) is 5.11 Å². The van der Waals surface area contributed by atoms with Crippen molar-refractivity contribution in [3.8, 4) is 0 Å². The summed E-state index contributed by atoms with van der Waals surface area (Å²) in [7, 11) is 0. The minimum absolute atomic E-state index is 0.133. The van der Waals surface area contributed by atoms with Gasteiger partial charge in [0.2, 0.25) is 5.91 Å². The standard InChI is InChI=1S/C17H24N2O4/c1-16(2)9-12(10-17(3,4)19(16)23)14(20)18-13-7-5-6-11(8-13)15(21)22/h5-8,12,23H,9-10H2,1-4H3,(H,18,20)(H,21,22). The summed E-state index contributed by atoms with van der Waals surface area (Å²) in [4.78, 5) is 23.6. The molecule has 0 saturated carbocycles. The van der Waals surface area contributed by atoms with Gasteiger partial charge in [0.1, 0.15) is 0 Å². The number of carboxylic acid groups (broad SMARTS) is 1. The van der Waals surface area contributed by atoms with E-state index in [1.165, 1.54) is 17.2 Å². The molecule has 6 nitrogen and oxygen atoms in total. The van der Waals surface area contributed by atoms with Gasteiger partial charge in [-0.1, -0.05) is 6.07 Å². The predicted molar refractivity (Wildman–Crippen MR) is 86.5 cm³/mol. The second-order valence-electron chi connectivity index (χ2n) is 7.42. The molecule has 0 unspecified atom stereocenters. The molecule has 23 heavy (non-hydrogen) atoms. The molecule has 0 aliphatic carbocycles. The number of hydroxylamine groups is 2. The molecular weight excluding hydrogens is 296 g/mol. The van der Waals surface area contributed by atoms with Gasteiger partial charge < -0.3 is 15.6 Å². The summed E-state index contributed by atoms with van der Waals surface area (Å²) in [6, 6.07) is 6.19. The Kier molecular flexibility index (Phi) is 4.50. The molecule has 2 rings (SSSR count). The molecule has 1 aliphatic heterocycles. The molecule has 1 aromatic rings. The van der Waals surface area contributed by atoms with Crippen LogP contribution in [0.4, 0.5) is 5.69 Å². The summed E-state index contributed by atoms with van der Waals surface area (Å²) in [6.07, 6.45) is 1.05. The monoisotopic (exact) mass is 320 g/mol. The van der Waals surface area contributed by atoms with E-state index < -0.39 is 17.0 Å². The van der Waals surface area contributed by atoms with Crippen molar-refractivity contribution in [3.05, 3.63) is 29.8 Å². The number of piperidine rings is 1. The summed E-state index contributed by atoms with van der Waals surface area (Å²) in [6.45, 7) is 7.61. The fraction of sp³-hybridized carbons (Fsp3) is 0.529. The number of aromatic carboxylic acids is 1. The first kappa shape index (κ1) is 17.4. The fourth-order valence-corrected chi connectivity index (χ4v) is 3.43. The van der Waals surface area contributed by atoms with Crippen LogP contribution in [-0.2, 0) is 4.79 Å². The Morgan fingerprint density at radius 3 is 2.26 bits per heavy atom. The molecule has 126 valence electrons. The van der Waals surface area contributed by atoms with Crippen LogP contribution in [0.15, 0.2) is 24.3 Å². The van der Waals surface area contributed by atoms with Crippen LogP contribution < -0.4 is 5.32 Å². The van der Waals surface area contributed by atoms with E-state index in [0.29, 0.717) is 18.5 Å². The molecule has 0 spiro atoms. The molecule has 1 fully saturated rings. The molecule has 0 aromatic heterocycles. The number of hydrogen-bond acceptors (Lipinski definition) is 4. The lowest BCUT2D eigenvalue weighted by Gasteiger charge is -2.51. The third kappa shape index (κ3) is 3.71. The number of carboxylic acids is 1. The van der Waals surface area contributed by atoms with E-state index in [9.17, 15) is 14.8 Å². The maximum atomic E-state index is 12.6. The summed E-state index contributed by atoms with van der Waals surface area (Å²) in [5, 5.41) is 23.4. The summed E-state index contributed by atoms with van der Waals surface area (Å²) >= 11 is 0. The lowest BCUT2D eigenvalue weighted by Crippen LogP contribution is -2.60. The van der Waals surface area contributed by atoms with Crippen molar-refractivity contribution in [2.75, 3.05) is 5.32 Å². The number of nitrogens with one attached hydrogen (secondary N) is 1. The highest BCUT2D eigenvalue weighted by Gasteiger charge is 2.47. The van der Waals surface area contributed by atoms with E-state index in [-0.39, 0.29) is 17.4 Å². The zero-order chi connectivity index (χ0) is 17.4. The normalized spacial score (nSPS) is 20.9. The number of amides is 1. The Bertz CT molecular complexity index is 607. The van der Waals surface area contributed by atoms with Crippen LogP contribution in [0.25, 0.3) is 0 Å². The molecule has 1 aliphatic rings. The molecule has 0 bridgehead atoms. The molecule has 1 saturated heterocycles. The van der Waals surface area contributed by atoms with Gasteiger partial charge in [-0.05, 0) is 58.7 Å². The van der Waals surface area contributed by atoms with Gasteiger partial charge in [0.15, 0.2) is 0 Å². The van der Waals surface area contributed by atoms with Gasteiger partial charge in [0.25, 0.3) is 0 Å². The van der Waals surface area contributed by atoms with Crippen LogP contribution in [-0.4, -0.2) is 38.3 Å². The van der Waals surface area contributed by atoms with E-state index in [1.54, 1.807) is 12.1 Å². The average molecular weight is 320 g/mol. The van der Waals surface area contributed by atoms with Gasteiger partial charge in [-0.3, -0.25) is 4.79 Å². The van der Waals surface area contributed by atoms with Gasteiger partial charge >= 0.3 is 5.97 Å². The summed E-state index contributed by atoms with van der Waals surface area (Å²) in [5.74, 6) is -1.43. The predicted octanol–water partition coefficient (Wildman–Crippen LogP) is 2.98. The Morgan fingerprint density at radius 2 is 1.74 bits per heavy atom. The average Bonchev–Trinajstić information content (AvgIpc) is 2.44. The Labute approximate surface area is 136 Å². The van der Waals surface area contributed by atoms with Crippen molar-refractivity contribution in [1.29, 1.82) is 0 Å². The Hall–Kier alpha value is -1.92. The molecule has 1 amide bonds. The van der Waals surface area contributed by atoms with Gasteiger partial charge in [0.05, 0.1) is 5.56 Å². The van der Waals surface area contributed by atoms with Crippen LogP contribution >= 0.6 is 0 Å². The molecule has 1 aromatic carbocycles. The van der Waals surface area contributed by atoms with Crippen LogP contribution in [0.5, 0.6) is 0 Å². The second-order valence-corrected chi connectivity index (χ2v) is 7.42. The van der Waals surface area contributed by atoms with Crippen molar-refractivity contribution in [2.45, 2.75) is 51.6 Å². The van der Waals surface area contributed by atoms with Crippen molar-refractivity contribution < 1.29 is 19.9 Å². The zero-order valence-corrected chi connectivity index (χ0v) is 14.0. The fourth-order valence-electron chi connectivity index (χ4n) is 3.43. The number of carbonyl (C=O) groups excluding carboxylic acids is 1. The molecule has 1 heterocycles. The highest BCUT2D eigenvalue weighted by atomic mass is 16.5. The van der Waals surface area contributed by atoms with Gasteiger partial charge in [-0.25, -0.2) is 4.79 Å². The number of benzene rings is 1. The first-order chi connectivity index (χ1) is 10.5. The van der Waals surface area contributed by atoms with E-state index in [0.717, 1.165) is 0 Å². The third-order valence-corrected chi connectivity index (χ3v) is 4.39. The molecular formula is C17H24N2O4. The molecule has 0 atom stereocenters. The summed E-state index contributed by atoms with van der Waals surface area (Å²) in [5.41, 5.74) is -0.412. The lowest BCUT2D eigenvalue weighted by atomic mass is 9.75. The number of hydrogen-bond donors (Lipinski definition) is 3. The molecule has 0 radical (unpaired) electrons. The number of nitrogens with zero attached hydrogens (tertiary/aromatic N) is 1. The smallest absolute Gasteiger partial charge is 0.335 e. The van der Waals surface area contributed by atoms with Gasteiger partial charge in [-0.15, -0.1) is 0 Å². The van der Waals surface area contributed by atoms with E-state index >= 15 is 0 Å². The third-order valence-electron chi connectivity index (χ3n) is 4.39. The molecule has 3 N–H and O–H groups in total.